The molecule has 1 heterocycles. The first kappa shape index (κ1) is 21.0. The van der Waals surface area contributed by atoms with E-state index in [1.165, 1.54) is 10.8 Å². The molecule has 0 bridgehead atoms. The first-order valence-corrected chi connectivity index (χ1v) is 11.0. The van der Waals surface area contributed by atoms with Crippen molar-refractivity contribution in [2.45, 2.75) is 19.8 Å². The summed E-state index contributed by atoms with van der Waals surface area (Å²) in [6, 6.07) is 15.9. The molecular formula is C21H22ClN3O3S. The summed E-state index contributed by atoms with van der Waals surface area (Å²) in [6.07, 6.45) is 1.45. The Morgan fingerprint density at radius 1 is 1.03 bits per heavy atom. The summed E-state index contributed by atoms with van der Waals surface area (Å²) in [6.45, 7) is 3.82. The molecule has 2 aromatic carbocycles. The number of nitrogens with one attached hydrogen (secondary N) is 1. The molecule has 29 heavy (non-hydrogen) atoms. The Hall–Kier alpha value is -2.77. The van der Waals surface area contributed by atoms with Crippen LogP contribution in [0.2, 0.25) is 5.02 Å². The number of hydrogen-bond donors (Lipinski definition) is 1. The second-order valence-electron chi connectivity index (χ2n) is 6.89. The molecule has 0 aliphatic heterocycles. The van der Waals surface area contributed by atoms with Crippen molar-refractivity contribution in [1.82, 2.24) is 9.36 Å². The topological polar surface area (TPSA) is 73.1 Å². The predicted octanol–water partition coefficient (Wildman–Crippen LogP) is 4.37. The first-order chi connectivity index (χ1) is 13.7. The number of aromatic nitrogens is 2. The molecule has 0 saturated heterocycles. The average Bonchev–Trinajstić information content (AvgIpc) is 2.91. The van der Waals surface area contributed by atoms with Gasteiger partial charge in [-0.25, -0.2) is 13.1 Å². The van der Waals surface area contributed by atoms with Gasteiger partial charge in [-0.05, 0) is 41.8 Å². The molecule has 152 valence electrons. The Morgan fingerprint density at radius 3 is 2.24 bits per heavy atom. The van der Waals surface area contributed by atoms with E-state index in [9.17, 15) is 13.2 Å². The van der Waals surface area contributed by atoms with Gasteiger partial charge in [0, 0.05) is 12.1 Å². The van der Waals surface area contributed by atoms with E-state index in [0.29, 0.717) is 22.0 Å². The predicted molar refractivity (Wildman–Crippen MR) is 118 cm³/mol. The Morgan fingerprint density at radius 2 is 1.66 bits per heavy atom. The lowest BCUT2D eigenvalue weighted by atomic mass is 10.1. The quantitative estimate of drug-likeness (QED) is 0.630. The number of benzene rings is 2. The molecule has 0 unspecified atom stereocenters. The molecule has 0 amide bonds. The maximum atomic E-state index is 13.1. The largest absolute Gasteiger partial charge is 0.296 e. The monoisotopic (exact) mass is 431 g/mol. The van der Waals surface area contributed by atoms with E-state index >= 15 is 0 Å². The van der Waals surface area contributed by atoms with Gasteiger partial charge in [0.1, 0.15) is 5.69 Å². The molecule has 0 radical (unpaired) electrons. The highest BCUT2D eigenvalue weighted by atomic mass is 35.5. The third-order valence-corrected chi connectivity index (χ3v) is 5.65. The fraction of sp³-hybridized carbons (Fsp3) is 0.190. The first-order valence-electron chi connectivity index (χ1n) is 9.03. The van der Waals surface area contributed by atoms with E-state index in [1.54, 1.807) is 48.1 Å². The molecule has 0 aliphatic carbocycles. The smallest absolute Gasteiger partial charge is 0.283 e. The van der Waals surface area contributed by atoms with Crippen LogP contribution in [0, 0.1) is 0 Å². The third-order valence-electron chi connectivity index (χ3n) is 4.41. The molecule has 0 spiro atoms. The van der Waals surface area contributed by atoms with Crippen molar-refractivity contribution in [2.24, 2.45) is 7.05 Å². The molecule has 3 aromatic rings. The van der Waals surface area contributed by atoms with E-state index < -0.39 is 15.6 Å². The van der Waals surface area contributed by atoms with Crippen LogP contribution < -0.4 is 10.3 Å². The third kappa shape index (κ3) is 4.63. The molecule has 6 nitrogen and oxygen atoms in total. The summed E-state index contributed by atoms with van der Waals surface area (Å²) in [4.78, 5) is 13.1. The minimum Gasteiger partial charge on any atom is -0.283 e. The van der Waals surface area contributed by atoms with Gasteiger partial charge in [-0.3, -0.25) is 14.2 Å². The summed E-state index contributed by atoms with van der Waals surface area (Å²) in [5, 5.41) is 1.61. The van der Waals surface area contributed by atoms with Crippen LogP contribution in [0.3, 0.4) is 0 Å². The number of para-hydroxylation sites is 1. The van der Waals surface area contributed by atoms with Gasteiger partial charge in [0.05, 0.1) is 16.8 Å². The molecule has 1 aromatic heterocycles. The summed E-state index contributed by atoms with van der Waals surface area (Å²) < 4.78 is 30.9. The van der Waals surface area contributed by atoms with Crippen molar-refractivity contribution in [3.05, 3.63) is 86.6 Å². The highest BCUT2D eigenvalue weighted by molar-refractivity contribution is 7.95. The average molecular weight is 432 g/mol. The number of nitrogens with zero attached hydrogens (tertiary/aromatic N) is 2. The van der Waals surface area contributed by atoms with Crippen molar-refractivity contribution in [1.29, 1.82) is 0 Å². The minimum absolute atomic E-state index is 0.0482. The molecule has 8 heteroatoms. The molecule has 0 saturated carbocycles. The summed E-state index contributed by atoms with van der Waals surface area (Å²) >= 11 is 5.85. The van der Waals surface area contributed by atoms with Gasteiger partial charge in [0.2, 0.25) is 0 Å². The van der Waals surface area contributed by atoms with Gasteiger partial charge in [-0.1, -0.05) is 55.8 Å². The SMILES string of the molecule is CC(C)c1c(NS(=O)(=O)/C=C/c2ccc(Cl)cc2)c(=O)n(-c2ccccc2)n1C. The lowest BCUT2D eigenvalue weighted by Gasteiger charge is -2.12. The summed E-state index contributed by atoms with van der Waals surface area (Å²) in [5.41, 5.74) is 1.56. The lowest BCUT2D eigenvalue weighted by molar-refractivity contribution is 0.595. The Bertz CT molecular complexity index is 1190. The van der Waals surface area contributed by atoms with E-state index in [0.717, 1.165) is 5.41 Å². The zero-order chi connectivity index (χ0) is 21.2. The molecule has 0 fully saturated rings. The maximum Gasteiger partial charge on any atom is 0.296 e. The lowest BCUT2D eigenvalue weighted by Crippen LogP contribution is -2.22. The van der Waals surface area contributed by atoms with E-state index in [4.69, 9.17) is 11.6 Å². The van der Waals surface area contributed by atoms with Crippen molar-refractivity contribution >= 4 is 33.4 Å². The molecular weight excluding hydrogens is 410 g/mol. The van der Waals surface area contributed by atoms with Gasteiger partial charge in [0.15, 0.2) is 0 Å². The van der Waals surface area contributed by atoms with Crippen LogP contribution >= 0.6 is 11.6 Å². The number of sulfonamides is 1. The van der Waals surface area contributed by atoms with Crippen molar-refractivity contribution < 1.29 is 8.42 Å². The van der Waals surface area contributed by atoms with Crippen LogP contribution in [0.25, 0.3) is 11.8 Å². The summed E-state index contributed by atoms with van der Waals surface area (Å²) in [7, 11) is -2.16. The normalized spacial score (nSPS) is 12.0. The van der Waals surface area contributed by atoms with Crippen molar-refractivity contribution in [3.63, 3.8) is 0 Å². The summed E-state index contributed by atoms with van der Waals surface area (Å²) in [5.74, 6) is -0.0735. The zero-order valence-corrected chi connectivity index (χ0v) is 17.9. The maximum absolute atomic E-state index is 13.1. The molecule has 1 N–H and O–H groups in total. The van der Waals surface area contributed by atoms with Crippen LogP contribution in [0.4, 0.5) is 5.69 Å². The van der Waals surface area contributed by atoms with Crippen LogP contribution in [-0.2, 0) is 17.1 Å². The molecule has 0 atom stereocenters. The second-order valence-corrected chi connectivity index (χ2v) is 8.90. The van der Waals surface area contributed by atoms with E-state index in [-0.39, 0.29) is 11.6 Å². The molecule has 0 aliphatic rings. The molecule has 3 rings (SSSR count). The minimum atomic E-state index is -3.90. The number of rotatable bonds is 6. The highest BCUT2D eigenvalue weighted by Gasteiger charge is 2.24. The van der Waals surface area contributed by atoms with Gasteiger partial charge >= 0.3 is 0 Å². The van der Waals surface area contributed by atoms with Gasteiger partial charge in [0.25, 0.3) is 15.6 Å². The fourth-order valence-electron chi connectivity index (χ4n) is 3.16. The highest BCUT2D eigenvalue weighted by Crippen LogP contribution is 2.24. The van der Waals surface area contributed by atoms with Crippen molar-refractivity contribution in [3.8, 4) is 5.69 Å². The van der Waals surface area contributed by atoms with Crippen molar-refractivity contribution in [2.75, 3.05) is 4.72 Å². The van der Waals surface area contributed by atoms with Gasteiger partial charge in [-0.15, -0.1) is 0 Å². The Balaban J connectivity index is 2.02. The van der Waals surface area contributed by atoms with Crippen LogP contribution in [-0.4, -0.2) is 17.8 Å². The number of halogens is 1. The zero-order valence-electron chi connectivity index (χ0n) is 16.3. The van der Waals surface area contributed by atoms with Crippen LogP contribution in [0.1, 0.15) is 31.0 Å². The van der Waals surface area contributed by atoms with Crippen LogP contribution in [0.5, 0.6) is 0 Å². The number of hydrogen-bond acceptors (Lipinski definition) is 3. The Labute approximate surface area is 175 Å². The number of anilines is 1. The second kappa shape index (κ2) is 8.31. The standard InChI is InChI=1S/C21H22ClN3O3S/c1-15(2)20-19(21(26)25(24(20)3)18-7-5-4-6-8-18)23-29(27,28)14-13-16-9-11-17(22)12-10-16/h4-15,23H,1-3H3/b14-13+. The van der Waals surface area contributed by atoms with Crippen LogP contribution in [0.15, 0.2) is 64.8 Å². The van der Waals surface area contributed by atoms with Gasteiger partial charge < -0.3 is 0 Å². The fourth-order valence-corrected chi connectivity index (χ4v) is 4.16. The van der Waals surface area contributed by atoms with E-state index in [1.807, 2.05) is 32.0 Å². The van der Waals surface area contributed by atoms with E-state index in [2.05, 4.69) is 4.72 Å². The van der Waals surface area contributed by atoms with Gasteiger partial charge in [-0.2, -0.15) is 0 Å². The Kier molecular flexibility index (Phi) is 6.00.